The van der Waals surface area contributed by atoms with Gasteiger partial charge in [0.15, 0.2) is 5.96 Å². The summed E-state index contributed by atoms with van der Waals surface area (Å²) in [5, 5.41) is 6.47. The summed E-state index contributed by atoms with van der Waals surface area (Å²) in [6.45, 7) is 1.12. The Kier molecular flexibility index (Phi) is 7.49. The van der Waals surface area contributed by atoms with Crippen molar-refractivity contribution in [2.75, 3.05) is 28.4 Å². The molecule has 2 N–H and O–H groups in total. The number of carbonyl (C=O) groups is 1. The van der Waals surface area contributed by atoms with Gasteiger partial charge < -0.3 is 24.8 Å². The Hall–Kier alpha value is -3.22. The molecule has 0 amide bonds. The third-order valence-corrected chi connectivity index (χ3v) is 3.97. The second kappa shape index (κ2) is 10.1. The zero-order chi connectivity index (χ0) is 19.6. The third kappa shape index (κ3) is 5.64. The highest BCUT2D eigenvalue weighted by atomic mass is 16.5. The highest BCUT2D eigenvalue weighted by Crippen LogP contribution is 2.20. The van der Waals surface area contributed by atoms with Crippen molar-refractivity contribution in [3.8, 4) is 11.5 Å². The van der Waals surface area contributed by atoms with Gasteiger partial charge in [0.2, 0.25) is 0 Å². The van der Waals surface area contributed by atoms with E-state index < -0.39 is 5.97 Å². The summed E-state index contributed by atoms with van der Waals surface area (Å²) in [7, 11) is 6.21. The standard InChI is InChI=1S/C20H25N3O4/c1-21-20(22-12-14-5-8-16(25-2)9-6-14)23-13-15-7-10-18(26-3)17(11-15)19(24)27-4/h5-11H,12-13H2,1-4H3,(H2,21,22,23). The number of nitrogens with one attached hydrogen (secondary N) is 2. The zero-order valence-corrected chi connectivity index (χ0v) is 16.0. The molecule has 0 aliphatic heterocycles. The molecule has 2 aromatic carbocycles. The highest BCUT2D eigenvalue weighted by molar-refractivity contribution is 5.92. The molecule has 0 heterocycles. The Morgan fingerprint density at radius 1 is 0.926 bits per heavy atom. The van der Waals surface area contributed by atoms with Crippen LogP contribution in [-0.4, -0.2) is 40.3 Å². The summed E-state index contributed by atoms with van der Waals surface area (Å²) in [6.07, 6.45) is 0. The molecule has 0 saturated heterocycles. The van der Waals surface area contributed by atoms with Gasteiger partial charge in [0, 0.05) is 20.1 Å². The van der Waals surface area contributed by atoms with Crippen LogP contribution in [0.25, 0.3) is 0 Å². The van der Waals surface area contributed by atoms with Crippen LogP contribution in [0.2, 0.25) is 0 Å². The van der Waals surface area contributed by atoms with Crippen LogP contribution in [0, 0.1) is 0 Å². The predicted molar refractivity (Wildman–Crippen MR) is 104 cm³/mol. The van der Waals surface area contributed by atoms with Gasteiger partial charge in [-0.25, -0.2) is 4.79 Å². The van der Waals surface area contributed by atoms with Crippen LogP contribution in [0.15, 0.2) is 47.5 Å². The average Bonchev–Trinajstić information content (AvgIpc) is 2.73. The van der Waals surface area contributed by atoms with Gasteiger partial charge in [-0.2, -0.15) is 0 Å². The molecular formula is C20H25N3O4. The first kappa shape index (κ1) is 20.1. The molecule has 0 aliphatic rings. The fourth-order valence-electron chi connectivity index (χ4n) is 2.47. The number of hydrogen-bond acceptors (Lipinski definition) is 5. The molecule has 0 radical (unpaired) electrons. The second-order valence-corrected chi connectivity index (χ2v) is 5.65. The number of benzene rings is 2. The van der Waals surface area contributed by atoms with E-state index >= 15 is 0 Å². The van der Waals surface area contributed by atoms with Gasteiger partial charge in [-0.05, 0) is 35.4 Å². The van der Waals surface area contributed by atoms with Crippen LogP contribution in [0.5, 0.6) is 11.5 Å². The molecule has 7 heteroatoms. The minimum atomic E-state index is -0.435. The van der Waals surface area contributed by atoms with E-state index in [2.05, 4.69) is 15.6 Å². The van der Waals surface area contributed by atoms with Crippen molar-refractivity contribution in [3.05, 3.63) is 59.2 Å². The maximum atomic E-state index is 11.9. The lowest BCUT2D eigenvalue weighted by Crippen LogP contribution is -2.36. The van der Waals surface area contributed by atoms with E-state index in [1.807, 2.05) is 30.3 Å². The first-order chi connectivity index (χ1) is 13.1. The summed E-state index contributed by atoms with van der Waals surface area (Å²) in [6, 6.07) is 13.2. The minimum Gasteiger partial charge on any atom is -0.497 e. The SMILES string of the molecule is CN=C(NCc1ccc(OC)cc1)NCc1ccc(OC)c(C(=O)OC)c1. The molecule has 0 fully saturated rings. The van der Waals surface area contributed by atoms with E-state index in [9.17, 15) is 4.79 Å². The van der Waals surface area contributed by atoms with E-state index in [0.717, 1.165) is 16.9 Å². The van der Waals surface area contributed by atoms with Crippen molar-refractivity contribution in [2.24, 2.45) is 4.99 Å². The van der Waals surface area contributed by atoms with Gasteiger partial charge in [0.05, 0.1) is 21.3 Å². The normalized spacial score (nSPS) is 10.9. The predicted octanol–water partition coefficient (Wildman–Crippen LogP) is 2.36. The topological polar surface area (TPSA) is 81.2 Å². The number of hydrogen-bond donors (Lipinski definition) is 2. The van der Waals surface area contributed by atoms with Gasteiger partial charge in [-0.1, -0.05) is 18.2 Å². The van der Waals surface area contributed by atoms with Crippen LogP contribution in [-0.2, 0) is 17.8 Å². The van der Waals surface area contributed by atoms with Crippen molar-refractivity contribution in [1.29, 1.82) is 0 Å². The Bertz CT molecular complexity index is 788. The Morgan fingerprint density at radius 2 is 1.56 bits per heavy atom. The summed E-state index contributed by atoms with van der Waals surface area (Å²) in [4.78, 5) is 16.1. The smallest absolute Gasteiger partial charge is 0.341 e. The molecule has 2 rings (SSSR count). The van der Waals surface area contributed by atoms with E-state index in [-0.39, 0.29) is 0 Å². The highest BCUT2D eigenvalue weighted by Gasteiger charge is 2.13. The maximum absolute atomic E-state index is 11.9. The molecule has 27 heavy (non-hydrogen) atoms. The number of methoxy groups -OCH3 is 3. The van der Waals surface area contributed by atoms with Gasteiger partial charge in [0.25, 0.3) is 0 Å². The van der Waals surface area contributed by atoms with Crippen molar-refractivity contribution in [2.45, 2.75) is 13.1 Å². The van der Waals surface area contributed by atoms with Crippen molar-refractivity contribution < 1.29 is 19.0 Å². The molecule has 2 aromatic rings. The number of ether oxygens (including phenoxy) is 3. The first-order valence-electron chi connectivity index (χ1n) is 8.44. The van der Waals surface area contributed by atoms with Gasteiger partial charge in [-0.15, -0.1) is 0 Å². The van der Waals surface area contributed by atoms with Gasteiger partial charge in [0.1, 0.15) is 17.1 Å². The number of carbonyl (C=O) groups excluding carboxylic acids is 1. The zero-order valence-electron chi connectivity index (χ0n) is 16.0. The quantitative estimate of drug-likeness (QED) is 0.442. The van der Waals surface area contributed by atoms with Crippen LogP contribution < -0.4 is 20.1 Å². The number of nitrogens with zero attached hydrogens (tertiary/aromatic N) is 1. The van der Waals surface area contributed by atoms with Crippen LogP contribution >= 0.6 is 0 Å². The van der Waals surface area contributed by atoms with Crippen molar-refractivity contribution in [1.82, 2.24) is 10.6 Å². The summed E-state index contributed by atoms with van der Waals surface area (Å²) >= 11 is 0. The fourth-order valence-corrected chi connectivity index (χ4v) is 2.47. The molecule has 0 bridgehead atoms. The van der Waals surface area contributed by atoms with E-state index in [1.54, 1.807) is 26.3 Å². The molecule has 0 aliphatic carbocycles. The fraction of sp³-hybridized carbons (Fsp3) is 0.300. The maximum Gasteiger partial charge on any atom is 0.341 e. The molecule has 0 spiro atoms. The lowest BCUT2D eigenvalue weighted by atomic mass is 10.1. The Balaban J connectivity index is 1.96. The van der Waals surface area contributed by atoms with Crippen molar-refractivity contribution in [3.63, 3.8) is 0 Å². The monoisotopic (exact) mass is 371 g/mol. The minimum absolute atomic E-state index is 0.389. The summed E-state index contributed by atoms with van der Waals surface area (Å²) in [5.41, 5.74) is 2.40. The molecule has 0 aromatic heterocycles. The average molecular weight is 371 g/mol. The molecule has 7 nitrogen and oxygen atoms in total. The molecule has 0 saturated carbocycles. The summed E-state index contributed by atoms with van der Waals surface area (Å²) in [5.74, 6) is 1.52. The van der Waals surface area contributed by atoms with E-state index in [1.165, 1.54) is 14.2 Å². The van der Waals surface area contributed by atoms with Gasteiger partial charge >= 0.3 is 5.97 Å². The number of esters is 1. The van der Waals surface area contributed by atoms with Crippen LogP contribution in [0.1, 0.15) is 21.5 Å². The molecular weight excluding hydrogens is 346 g/mol. The van der Waals surface area contributed by atoms with E-state index in [4.69, 9.17) is 14.2 Å². The lowest BCUT2D eigenvalue weighted by Gasteiger charge is -2.13. The summed E-state index contributed by atoms with van der Waals surface area (Å²) < 4.78 is 15.2. The molecule has 144 valence electrons. The Labute approximate surface area is 159 Å². The van der Waals surface area contributed by atoms with Crippen LogP contribution in [0.3, 0.4) is 0 Å². The number of guanidine groups is 1. The second-order valence-electron chi connectivity index (χ2n) is 5.65. The van der Waals surface area contributed by atoms with Gasteiger partial charge in [-0.3, -0.25) is 4.99 Å². The number of aliphatic imine (C=N–C) groups is 1. The van der Waals surface area contributed by atoms with Crippen molar-refractivity contribution >= 4 is 11.9 Å². The largest absolute Gasteiger partial charge is 0.497 e. The first-order valence-corrected chi connectivity index (χ1v) is 8.44. The third-order valence-electron chi connectivity index (χ3n) is 3.97. The molecule has 0 atom stereocenters. The molecule has 0 unspecified atom stereocenters. The number of rotatable bonds is 7. The van der Waals surface area contributed by atoms with Crippen LogP contribution in [0.4, 0.5) is 0 Å². The Morgan fingerprint density at radius 3 is 2.11 bits per heavy atom. The lowest BCUT2D eigenvalue weighted by molar-refractivity contribution is 0.0597. The van der Waals surface area contributed by atoms with E-state index in [0.29, 0.717) is 30.4 Å².